The van der Waals surface area contributed by atoms with E-state index in [9.17, 15) is 4.79 Å². The Morgan fingerprint density at radius 3 is 2.50 bits per heavy atom. The molecule has 5 nitrogen and oxygen atoms in total. The van der Waals surface area contributed by atoms with Gasteiger partial charge in [-0.2, -0.15) is 0 Å². The Labute approximate surface area is 94.1 Å². The zero-order chi connectivity index (χ0) is 12.0. The second-order valence-corrected chi connectivity index (χ2v) is 3.33. The fourth-order valence-electron chi connectivity index (χ4n) is 1.31. The van der Waals surface area contributed by atoms with E-state index in [-0.39, 0.29) is 19.1 Å². The maximum Gasteiger partial charge on any atom is 0.253 e. The van der Waals surface area contributed by atoms with Crippen molar-refractivity contribution >= 4 is 11.6 Å². The average molecular weight is 224 g/mol. The molecule has 0 aliphatic rings. The molecule has 0 saturated carbocycles. The number of rotatable bonds is 5. The largest absolute Gasteiger partial charge is 0.394 e. The van der Waals surface area contributed by atoms with E-state index in [4.69, 9.17) is 10.2 Å². The highest BCUT2D eigenvalue weighted by molar-refractivity contribution is 5.99. The molecule has 1 rings (SSSR count). The number of benzene rings is 1. The molecule has 1 aromatic carbocycles. The third-order valence-corrected chi connectivity index (χ3v) is 2.22. The van der Waals surface area contributed by atoms with Gasteiger partial charge < -0.3 is 20.8 Å². The van der Waals surface area contributed by atoms with Crippen LogP contribution in [-0.4, -0.2) is 42.4 Å². The molecule has 1 aromatic rings. The van der Waals surface area contributed by atoms with Crippen molar-refractivity contribution in [2.45, 2.75) is 6.04 Å². The van der Waals surface area contributed by atoms with Gasteiger partial charge >= 0.3 is 0 Å². The smallest absolute Gasteiger partial charge is 0.253 e. The topological polar surface area (TPSA) is 81.6 Å². The van der Waals surface area contributed by atoms with Gasteiger partial charge in [-0.3, -0.25) is 4.79 Å². The quantitative estimate of drug-likeness (QED) is 0.559. The number of anilines is 1. The van der Waals surface area contributed by atoms with E-state index in [0.29, 0.717) is 11.3 Å². The van der Waals surface area contributed by atoms with Crippen molar-refractivity contribution in [1.82, 2.24) is 5.32 Å². The summed E-state index contributed by atoms with van der Waals surface area (Å²) < 4.78 is 0. The lowest BCUT2D eigenvalue weighted by molar-refractivity contribution is 0.0880. The van der Waals surface area contributed by atoms with E-state index >= 15 is 0 Å². The highest BCUT2D eigenvalue weighted by Gasteiger charge is 2.14. The number of carbonyl (C=O) groups excluding carboxylic acids is 1. The van der Waals surface area contributed by atoms with Crippen molar-refractivity contribution in [3.63, 3.8) is 0 Å². The molecular formula is C11H16N2O3. The minimum Gasteiger partial charge on any atom is -0.394 e. The van der Waals surface area contributed by atoms with Gasteiger partial charge in [0.25, 0.3) is 5.91 Å². The number of aliphatic hydroxyl groups excluding tert-OH is 2. The Bertz CT molecular complexity index is 351. The summed E-state index contributed by atoms with van der Waals surface area (Å²) in [6.07, 6.45) is 0. The summed E-state index contributed by atoms with van der Waals surface area (Å²) in [5.74, 6) is -0.321. The van der Waals surface area contributed by atoms with Crippen LogP contribution < -0.4 is 10.6 Å². The van der Waals surface area contributed by atoms with Crippen molar-refractivity contribution in [2.75, 3.05) is 25.6 Å². The molecule has 5 heteroatoms. The van der Waals surface area contributed by atoms with Gasteiger partial charge in [-0.1, -0.05) is 12.1 Å². The second-order valence-electron chi connectivity index (χ2n) is 3.33. The standard InChI is InChI=1S/C11H16N2O3/c1-12-10-5-3-2-4-9(10)11(16)13-8(6-14)7-15/h2-5,8,12,14-15H,6-7H2,1H3,(H,13,16). The van der Waals surface area contributed by atoms with E-state index in [1.807, 2.05) is 6.07 Å². The van der Waals surface area contributed by atoms with Gasteiger partial charge in [-0.15, -0.1) is 0 Å². The first-order valence-corrected chi connectivity index (χ1v) is 5.02. The maximum absolute atomic E-state index is 11.8. The van der Waals surface area contributed by atoms with Gasteiger partial charge in [-0.05, 0) is 12.1 Å². The Balaban J connectivity index is 2.79. The summed E-state index contributed by atoms with van der Waals surface area (Å²) in [5.41, 5.74) is 1.19. The Hall–Kier alpha value is -1.59. The van der Waals surface area contributed by atoms with Gasteiger partial charge in [0.1, 0.15) is 0 Å². The molecule has 0 unspecified atom stereocenters. The summed E-state index contributed by atoms with van der Waals surface area (Å²) in [5, 5.41) is 23.1. The molecule has 0 saturated heterocycles. The molecule has 4 N–H and O–H groups in total. The van der Waals surface area contributed by atoms with Crippen molar-refractivity contribution in [1.29, 1.82) is 0 Å². The van der Waals surface area contributed by atoms with Gasteiger partial charge in [0, 0.05) is 12.7 Å². The molecule has 0 aromatic heterocycles. The van der Waals surface area contributed by atoms with Gasteiger partial charge in [-0.25, -0.2) is 0 Å². The zero-order valence-electron chi connectivity index (χ0n) is 9.10. The summed E-state index contributed by atoms with van der Waals surface area (Å²) >= 11 is 0. The molecule has 0 heterocycles. The fourth-order valence-corrected chi connectivity index (χ4v) is 1.31. The van der Waals surface area contributed by atoms with Crippen LogP contribution in [0.5, 0.6) is 0 Å². The fraction of sp³-hybridized carbons (Fsp3) is 0.364. The van der Waals surface area contributed by atoms with E-state index < -0.39 is 6.04 Å². The summed E-state index contributed by atoms with van der Waals surface area (Å²) in [4.78, 5) is 11.8. The first kappa shape index (κ1) is 12.5. The molecule has 0 radical (unpaired) electrons. The molecule has 1 amide bonds. The number of aliphatic hydroxyl groups is 2. The van der Waals surface area contributed by atoms with Crippen LogP contribution in [0.4, 0.5) is 5.69 Å². The third kappa shape index (κ3) is 2.95. The lowest BCUT2D eigenvalue weighted by Gasteiger charge is -2.15. The Kier molecular flexibility index (Phi) is 4.75. The monoisotopic (exact) mass is 224 g/mol. The average Bonchev–Trinajstić information content (AvgIpc) is 2.35. The van der Waals surface area contributed by atoms with E-state index in [0.717, 1.165) is 0 Å². The van der Waals surface area contributed by atoms with Crippen LogP contribution in [0.15, 0.2) is 24.3 Å². The molecule has 0 spiro atoms. The van der Waals surface area contributed by atoms with Crippen LogP contribution in [0.25, 0.3) is 0 Å². The van der Waals surface area contributed by atoms with Crippen molar-refractivity contribution in [2.24, 2.45) is 0 Å². The Morgan fingerprint density at radius 1 is 1.31 bits per heavy atom. The molecule has 0 fully saturated rings. The number of nitrogens with one attached hydrogen (secondary N) is 2. The van der Waals surface area contributed by atoms with Crippen LogP contribution in [-0.2, 0) is 0 Å². The van der Waals surface area contributed by atoms with Crippen LogP contribution in [0, 0.1) is 0 Å². The molecule has 0 bridgehead atoms. The van der Waals surface area contributed by atoms with Gasteiger partial charge in [0.15, 0.2) is 0 Å². The summed E-state index contributed by atoms with van der Waals surface area (Å²) in [6, 6.07) is 6.40. The molecule has 88 valence electrons. The zero-order valence-corrected chi connectivity index (χ0v) is 9.10. The van der Waals surface area contributed by atoms with Crippen LogP contribution in [0.3, 0.4) is 0 Å². The highest BCUT2D eigenvalue weighted by Crippen LogP contribution is 2.13. The number of para-hydroxylation sites is 1. The SMILES string of the molecule is CNc1ccccc1C(=O)NC(CO)CO. The maximum atomic E-state index is 11.8. The number of amides is 1. The normalized spacial score (nSPS) is 10.2. The molecule has 0 aliphatic carbocycles. The first-order valence-electron chi connectivity index (χ1n) is 5.02. The van der Waals surface area contributed by atoms with Crippen LogP contribution in [0.2, 0.25) is 0 Å². The van der Waals surface area contributed by atoms with Crippen LogP contribution >= 0.6 is 0 Å². The molecule has 0 aliphatic heterocycles. The predicted molar refractivity (Wildman–Crippen MR) is 61.4 cm³/mol. The third-order valence-electron chi connectivity index (χ3n) is 2.22. The van der Waals surface area contributed by atoms with Gasteiger partial charge in [0.2, 0.25) is 0 Å². The summed E-state index contributed by atoms with van der Waals surface area (Å²) in [7, 11) is 1.72. The molecular weight excluding hydrogens is 208 g/mol. The summed E-state index contributed by atoms with van der Waals surface area (Å²) in [6.45, 7) is -0.575. The van der Waals surface area contributed by atoms with Crippen LogP contribution in [0.1, 0.15) is 10.4 Å². The van der Waals surface area contributed by atoms with E-state index in [2.05, 4.69) is 10.6 Å². The first-order chi connectivity index (χ1) is 7.72. The molecule has 16 heavy (non-hydrogen) atoms. The number of hydrogen-bond donors (Lipinski definition) is 4. The van der Waals surface area contributed by atoms with E-state index in [1.54, 1.807) is 25.2 Å². The van der Waals surface area contributed by atoms with Crippen molar-refractivity contribution < 1.29 is 15.0 Å². The van der Waals surface area contributed by atoms with Gasteiger partial charge in [0.05, 0.1) is 24.8 Å². The second kappa shape index (κ2) is 6.09. The number of carbonyl (C=O) groups is 1. The van der Waals surface area contributed by atoms with Crippen molar-refractivity contribution in [3.8, 4) is 0 Å². The number of hydrogen-bond acceptors (Lipinski definition) is 4. The predicted octanol–water partition coefficient (Wildman–Crippen LogP) is -0.189. The van der Waals surface area contributed by atoms with E-state index in [1.165, 1.54) is 0 Å². The lowest BCUT2D eigenvalue weighted by atomic mass is 10.1. The minimum absolute atomic E-state index is 0.288. The molecule has 0 atom stereocenters. The highest BCUT2D eigenvalue weighted by atomic mass is 16.3. The van der Waals surface area contributed by atoms with Crippen molar-refractivity contribution in [3.05, 3.63) is 29.8 Å². The minimum atomic E-state index is -0.627. The Morgan fingerprint density at radius 2 is 1.94 bits per heavy atom. The lowest BCUT2D eigenvalue weighted by Crippen LogP contribution is -2.40.